The smallest absolute Gasteiger partial charge is 0.389 e. The molecule has 2 amide bonds. The molecule has 0 saturated carbocycles. The Labute approximate surface area is 227 Å². The van der Waals surface area contributed by atoms with Gasteiger partial charge in [-0.1, -0.05) is 35.3 Å². The Morgan fingerprint density at radius 1 is 1.00 bits per heavy atom. The van der Waals surface area contributed by atoms with Crippen LogP contribution in [0, 0.1) is 0 Å². The minimum Gasteiger partial charge on any atom is -0.389 e. The lowest BCUT2D eigenvalue weighted by molar-refractivity contribution is -0.376. The lowest BCUT2D eigenvalue weighted by Gasteiger charge is -2.33. The first kappa shape index (κ1) is 32.1. The number of halogens is 8. The molecule has 0 radical (unpaired) electrons. The molecule has 0 aliphatic carbocycles. The van der Waals surface area contributed by atoms with Crippen molar-refractivity contribution in [2.75, 3.05) is 19.6 Å². The number of carbonyl (C=O) groups excluding carboxylic acids is 2. The number of carbonyl (C=O) groups is 2. The molecule has 2 rings (SSSR count). The molecule has 0 bridgehead atoms. The van der Waals surface area contributed by atoms with Crippen LogP contribution in [0.15, 0.2) is 12.1 Å². The Balaban J connectivity index is 2.76. The standard InChI is InChI=1S/C22H23Cl2F6N3O4S/c1-5-33(6-2)18(35)14-15(38-17(32-14)16(34)31-9-19(3,4)36)10-7-8-11(13(24)12(10)23)20(37,21(25,26)27)22(28,29)30/h7-8,36-37H,5-6,9H2,1-4H3,(H,31,34). The third-order valence-corrected chi connectivity index (χ3v) is 7.26. The number of rotatable bonds is 8. The van der Waals surface area contributed by atoms with Crippen molar-refractivity contribution in [3.05, 3.63) is 38.4 Å². The Kier molecular flexibility index (Phi) is 9.42. The number of aliphatic hydroxyl groups is 2. The number of hydrogen-bond donors (Lipinski definition) is 3. The SMILES string of the molecule is CCN(CC)C(=O)c1nc(C(=O)NCC(C)(C)O)sc1-c1ccc(C(O)(C(F)(F)F)C(F)(F)F)c(Cl)c1Cl. The van der Waals surface area contributed by atoms with Gasteiger partial charge in [0.15, 0.2) is 5.01 Å². The van der Waals surface area contributed by atoms with Crippen LogP contribution in [0.25, 0.3) is 10.4 Å². The van der Waals surface area contributed by atoms with Crippen molar-refractivity contribution in [3.63, 3.8) is 0 Å². The molecular formula is C22H23Cl2F6N3O4S. The predicted molar refractivity (Wildman–Crippen MR) is 129 cm³/mol. The average Bonchev–Trinajstić information content (AvgIpc) is 3.22. The predicted octanol–water partition coefficient (Wildman–Crippen LogP) is 5.41. The van der Waals surface area contributed by atoms with E-state index >= 15 is 0 Å². The van der Waals surface area contributed by atoms with Gasteiger partial charge in [-0.15, -0.1) is 11.3 Å². The number of alkyl halides is 6. The van der Waals surface area contributed by atoms with Crippen LogP contribution in [0.4, 0.5) is 26.3 Å². The fraction of sp³-hybridized carbons (Fsp3) is 0.500. The summed E-state index contributed by atoms with van der Waals surface area (Å²) in [4.78, 5) is 31.0. The Morgan fingerprint density at radius 3 is 1.97 bits per heavy atom. The molecule has 1 aromatic carbocycles. The van der Waals surface area contributed by atoms with E-state index in [-0.39, 0.29) is 40.8 Å². The molecule has 212 valence electrons. The number of benzene rings is 1. The van der Waals surface area contributed by atoms with E-state index in [1.807, 2.05) is 0 Å². The Bertz CT molecular complexity index is 1190. The molecule has 0 spiro atoms. The maximum Gasteiger partial charge on any atom is 0.430 e. The molecule has 3 N–H and O–H groups in total. The summed E-state index contributed by atoms with van der Waals surface area (Å²) in [5, 5.41) is 19.6. The zero-order chi connectivity index (χ0) is 29.4. The minimum absolute atomic E-state index is 0.156. The highest BCUT2D eigenvalue weighted by Gasteiger charge is 2.72. The van der Waals surface area contributed by atoms with Crippen LogP contribution in [0.2, 0.25) is 10.0 Å². The number of aromatic nitrogens is 1. The zero-order valence-electron chi connectivity index (χ0n) is 20.3. The highest BCUT2D eigenvalue weighted by molar-refractivity contribution is 7.17. The summed E-state index contributed by atoms with van der Waals surface area (Å²) in [7, 11) is 0. The summed E-state index contributed by atoms with van der Waals surface area (Å²) < 4.78 is 80.5. The molecule has 0 saturated heterocycles. The molecule has 7 nitrogen and oxygen atoms in total. The van der Waals surface area contributed by atoms with E-state index < -0.39 is 51.0 Å². The molecule has 0 aliphatic rings. The highest BCUT2D eigenvalue weighted by Crippen LogP contribution is 2.54. The Morgan fingerprint density at radius 2 is 1.53 bits per heavy atom. The van der Waals surface area contributed by atoms with Gasteiger partial charge in [-0.2, -0.15) is 26.3 Å². The Hall–Kier alpha value is -2.13. The fourth-order valence-corrected chi connectivity index (χ4v) is 4.87. The molecule has 1 heterocycles. The summed E-state index contributed by atoms with van der Waals surface area (Å²) in [6.07, 6.45) is -12.4. The van der Waals surface area contributed by atoms with Crippen LogP contribution in [-0.2, 0) is 5.60 Å². The van der Waals surface area contributed by atoms with Crippen molar-refractivity contribution in [2.24, 2.45) is 0 Å². The fourth-order valence-electron chi connectivity index (χ4n) is 3.25. The summed E-state index contributed by atoms with van der Waals surface area (Å²) in [6, 6.07) is 1.01. The van der Waals surface area contributed by atoms with Crippen LogP contribution in [0.5, 0.6) is 0 Å². The highest BCUT2D eigenvalue weighted by atomic mass is 35.5. The van der Waals surface area contributed by atoms with Crippen molar-refractivity contribution >= 4 is 46.4 Å². The van der Waals surface area contributed by atoms with Gasteiger partial charge in [0.1, 0.15) is 5.69 Å². The van der Waals surface area contributed by atoms with Crippen molar-refractivity contribution in [3.8, 4) is 10.4 Å². The lowest BCUT2D eigenvalue weighted by Crippen LogP contribution is -2.54. The van der Waals surface area contributed by atoms with E-state index in [9.17, 15) is 46.1 Å². The molecular weight excluding hydrogens is 587 g/mol. The van der Waals surface area contributed by atoms with Crippen LogP contribution in [0.3, 0.4) is 0 Å². The van der Waals surface area contributed by atoms with Gasteiger partial charge in [0.25, 0.3) is 17.4 Å². The molecule has 0 aliphatic heterocycles. The van der Waals surface area contributed by atoms with E-state index in [1.54, 1.807) is 13.8 Å². The monoisotopic (exact) mass is 609 g/mol. The third kappa shape index (κ3) is 6.19. The quantitative estimate of drug-likeness (QED) is 0.347. The number of amides is 2. The molecule has 0 atom stereocenters. The van der Waals surface area contributed by atoms with E-state index in [4.69, 9.17) is 23.2 Å². The number of hydrogen-bond acceptors (Lipinski definition) is 6. The summed E-state index contributed by atoms with van der Waals surface area (Å²) in [6.45, 7) is 6.37. The van der Waals surface area contributed by atoms with E-state index in [1.165, 1.54) is 18.7 Å². The maximum absolute atomic E-state index is 13.4. The van der Waals surface area contributed by atoms with Gasteiger partial charge in [0, 0.05) is 30.8 Å². The third-order valence-electron chi connectivity index (χ3n) is 5.29. The van der Waals surface area contributed by atoms with Gasteiger partial charge in [0.05, 0.1) is 20.5 Å². The lowest BCUT2D eigenvalue weighted by atomic mass is 9.91. The molecule has 2 aromatic rings. The first-order valence-corrected chi connectivity index (χ1v) is 12.4. The molecule has 1 aromatic heterocycles. The van der Waals surface area contributed by atoms with Crippen molar-refractivity contribution in [2.45, 2.75) is 51.2 Å². The van der Waals surface area contributed by atoms with Crippen LogP contribution >= 0.6 is 34.5 Å². The molecule has 38 heavy (non-hydrogen) atoms. The second kappa shape index (κ2) is 11.2. The van der Waals surface area contributed by atoms with E-state index in [0.717, 1.165) is 6.07 Å². The average molecular weight is 610 g/mol. The maximum atomic E-state index is 13.4. The van der Waals surface area contributed by atoms with Crippen molar-refractivity contribution in [1.29, 1.82) is 0 Å². The molecule has 16 heteroatoms. The van der Waals surface area contributed by atoms with E-state index in [2.05, 4.69) is 10.3 Å². The number of nitrogens with one attached hydrogen (secondary N) is 1. The van der Waals surface area contributed by atoms with Gasteiger partial charge in [0.2, 0.25) is 0 Å². The molecule has 0 fully saturated rings. The zero-order valence-corrected chi connectivity index (χ0v) is 22.6. The summed E-state index contributed by atoms with van der Waals surface area (Å²) >= 11 is 12.6. The van der Waals surface area contributed by atoms with Crippen molar-refractivity contribution in [1.82, 2.24) is 15.2 Å². The first-order chi connectivity index (χ1) is 17.2. The second-order valence-electron chi connectivity index (χ2n) is 8.66. The largest absolute Gasteiger partial charge is 0.430 e. The van der Waals surface area contributed by atoms with Gasteiger partial charge >= 0.3 is 12.4 Å². The van der Waals surface area contributed by atoms with Crippen LogP contribution < -0.4 is 5.32 Å². The minimum atomic E-state index is -6.21. The summed E-state index contributed by atoms with van der Waals surface area (Å²) in [5.41, 5.74) is -9.04. The van der Waals surface area contributed by atoms with Crippen molar-refractivity contribution < 1.29 is 46.1 Å². The van der Waals surface area contributed by atoms with E-state index in [0.29, 0.717) is 17.4 Å². The topological polar surface area (TPSA) is 103 Å². The van der Waals surface area contributed by atoms with Crippen LogP contribution in [0.1, 0.15) is 53.5 Å². The summed E-state index contributed by atoms with van der Waals surface area (Å²) in [5.74, 6) is -1.50. The van der Waals surface area contributed by atoms with Gasteiger partial charge < -0.3 is 20.4 Å². The van der Waals surface area contributed by atoms with Gasteiger partial charge in [-0.05, 0) is 27.7 Å². The van der Waals surface area contributed by atoms with Gasteiger partial charge in [-0.3, -0.25) is 9.59 Å². The van der Waals surface area contributed by atoms with Gasteiger partial charge in [-0.25, -0.2) is 4.98 Å². The van der Waals surface area contributed by atoms with Crippen LogP contribution in [-0.4, -0.2) is 69.5 Å². The number of nitrogens with zero attached hydrogens (tertiary/aromatic N) is 2. The molecule has 0 unspecified atom stereocenters. The number of thiazole rings is 1. The second-order valence-corrected chi connectivity index (χ2v) is 10.4. The normalized spacial score (nSPS) is 13.0. The first-order valence-electron chi connectivity index (χ1n) is 10.9.